The lowest BCUT2D eigenvalue weighted by molar-refractivity contribution is 0.467. The predicted molar refractivity (Wildman–Crippen MR) is 55.3 cm³/mol. The van der Waals surface area contributed by atoms with Crippen LogP contribution in [0, 0.1) is 11.7 Å². The molecule has 0 aromatic heterocycles. The maximum Gasteiger partial charge on any atom is 0.130 e. The predicted octanol–water partition coefficient (Wildman–Crippen LogP) is 1.63. The van der Waals surface area contributed by atoms with Crippen LogP contribution in [-0.2, 0) is 12.8 Å². The van der Waals surface area contributed by atoms with Crippen molar-refractivity contribution in [3.63, 3.8) is 0 Å². The minimum Gasteiger partial charge on any atom is -0.508 e. The fourth-order valence-electron chi connectivity index (χ4n) is 1.93. The Morgan fingerprint density at radius 2 is 2.14 bits per heavy atom. The Bertz CT molecular complexity index is 343. The summed E-state index contributed by atoms with van der Waals surface area (Å²) in [5, 5.41) is 9.16. The van der Waals surface area contributed by atoms with Gasteiger partial charge in [-0.15, -0.1) is 12.4 Å². The quantitative estimate of drug-likeness (QED) is 0.751. The van der Waals surface area contributed by atoms with Gasteiger partial charge in [0.05, 0.1) is 0 Å². The van der Waals surface area contributed by atoms with Gasteiger partial charge in [0, 0.05) is 6.07 Å². The molecule has 0 saturated carbocycles. The first-order valence-corrected chi connectivity index (χ1v) is 4.41. The molecule has 4 heteroatoms. The molecule has 14 heavy (non-hydrogen) atoms. The van der Waals surface area contributed by atoms with Crippen molar-refractivity contribution in [2.75, 3.05) is 6.54 Å². The number of hydrogen-bond acceptors (Lipinski definition) is 2. The van der Waals surface area contributed by atoms with Gasteiger partial charge in [-0.1, -0.05) is 0 Å². The van der Waals surface area contributed by atoms with Crippen molar-refractivity contribution in [2.24, 2.45) is 11.7 Å². The zero-order valence-electron chi connectivity index (χ0n) is 7.66. The highest BCUT2D eigenvalue weighted by atomic mass is 35.5. The average molecular weight is 218 g/mol. The van der Waals surface area contributed by atoms with Gasteiger partial charge in [-0.25, -0.2) is 4.39 Å². The van der Waals surface area contributed by atoms with Gasteiger partial charge >= 0.3 is 0 Å². The van der Waals surface area contributed by atoms with E-state index < -0.39 is 0 Å². The van der Waals surface area contributed by atoms with E-state index in [1.165, 1.54) is 0 Å². The van der Waals surface area contributed by atoms with Crippen LogP contribution in [0.25, 0.3) is 0 Å². The van der Waals surface area contributed by atoms with Crippen LogP contribution >= 0.6 is 12.4 Å². The average Bonchev–Trinajstić information content (AvgIpc) is 2.47. The Kier molecular flexibility index (Phi) is 3.34. The van der Waals surface area contributed by atoms with E-state index in [9.17, 15) is 4.39 Å². The van der Waals surface area contributed by atoms with Crippen molar-refractivity contribution in [1.82, 2.24) is 0 Å². The van der Waals surface area contributed by atoms with Crippen molar-refractivity contribution in [3.05, 3.63) is 29.1 Å². The number of benzene rings is 1. The molecule has 0 amide bonds. The number of phenols is 1. The number of phenolic OH excluding ortho intramolecular Hbond substituents is 1. The van der Waals surface area contributed by atoms with Gasteiger partial charge in [0.25, 0.3) is 0 Å². The van der Waals surface area contributed by atoms with E-state index in [1.807, 2.05) is 0 Å². The largest absolute Gasteiger partial charge is 0.508 e. The van der Waals surface area contributed by atoms with Gasteiger partial charge in [0.2, 0.25) is 0 Å². The van der Waals surface area contributed by atoms with Gasteiger partial charge in [0.15, 0.2) is 0 Å². The lowest BCUT2D eigenvalue weighted by Gasteiger charge is -2.01. The first-order valence-electron chi connectivity index (χ1n) is 4.41. The van der Waals surface area contributed by atoms with E-state index in [-0.39, 0.29) is 24.0 Å². The first kappa shape index (κ1) is 11.3. The zero-order chi connectivity index (χ0) is 9.42. The molecular formula is C10H13ClFNO. The lowest BCUT2D eigenvalue weighted by atomic mass is 10.1. The summed E-state index contributed by atoms with van der Waals surface area (Å²) in [7, 11) is 0. The van der Waals surface area contributed by atoms with Crippen LogP contribution in [-0.4, -0.2) is 11.7 Å². The van der Waals surface area contributed by atoms with E-state index >= 15 is 0 Å². The molecule has 0 fully saturated rings. The molecule has 1 aromatic rings. The van der Waals surface area contributed by atoms with Crippen molar-refractivity contribution in [2.45, 2.75) is 12.8 Å². The Labute approximate surface area is 88.3 Å². The third-order valence-electron chi connectivity index (χ3n) is 2.61. The standard InChI is InChI=1S/C10H12FNO.ClH/c11-10-4-8(13)3-7-1-6(5-12)2-9(7)10;/h3-4,6,13H,1-2,5,12H2;1H. The van der Waals surface area contributed by atoms with Crippen LogP contribution < -0.4 is 5.73 Å². The number of halogens is 2. The van der Waals surface area contributed by atoms with E-state index in [1.54, 1.807) is 6.07 Å². The van der Waals surface area contributed by atoms with E-state index in [4.69, 9.17) is 10.8 Å². The SMILES string of the molecule is Cl.NCC1Cc2cc(O)cc(F)c2C1. The molecular weight excluding hydrogens is 205 g/mol. The number of nitrogens with two attached hydrogens (primary N) is 1. The van der Waals surface area contributed by atoms with Crippen molar-refractivity contribution >= 4 is 12.4 Å². The molecule has 1 aliphatic rings. The Morgan fingerprint density at radius 3 is 2.79 bits per heavy atom. The second-order valence-electron chi connectivity index (χ2n) is 3.58. The fraction of sp³-hybridized carbons (Fsp3) is 0.400. The molecule has 0 aliphatic heterocycles. The van der Waals surface area contributed by atoms with Crippen LogP contribution in [0.1, 0.15) is 11.1 Å². The minimum absolute atomic E-state index is 0. The fourth-order valence-corrected chi connectivity index (χ4v) is 1.93. The number of rotatable bonds is 1. The maximum atomic E-state index is 13.3. The Morgan fingerprint density at radius 1 is 1.43 bits per heavy atom. The van der Waals surface area contributed by atoms with Gasteiger partial charge < -0.3 is 10.8 Å². The van der Waals surface area contributed by atoms with Gasteiger partial charge in [0.1, 0.15) is 11.6 Å². The zero-order valence-corrected chi connectivity index (χ0v) is 8.48. The Hall–Kier alpha value is -0.800. The third-order valence-corrected chi connectivity index (χ3v) is 2.61. The van der Waals surface area contributed by atoms with E-state index in [0.717, 1.165) is 23.6 Å². The highest BCUT2D eigenvalue weighted by molar-refractivity contribution is 5.85. The van der Waals surface area contributed by atoms with Crippen LogP contribution in [0.15, 0.2) is 12.1 Å². The summed E-state index contributed by atoms with van der Waals surface area (Å²) >= 11 is 0. The molecule has 1 aliphatic carbocycles. The van der Waals surface area contributed by atoms with E-state index in [2.05, 4.69) is 0 Å². The molecule has 1 aromatic carbocycles. The lowest BCUT2D eigenvalue weighted by Crippen LogP contribution is -2.13. The molecule has 3 N–H and O–H groups in total. The summed E-state index contributed by atoms with van der Waals surface area (Å²) in [6, 6.07) is 2.80. The number of fused-ring (bicyclic) bond motifs is 1. The molecule has 78 valence electrons. The normalized spacial score (nSPS) is 18.9. The molecule has 2 rings (SSSR count). The highest BCUT2D eigenvalue weighted by Crippen LogP contribution is 2.31. The summed E-state index contributed by atoms with van der Waals surface area (Å²) in [6.45, 7) is 0.578. The highest BCUT2D eigenvalue weighted by Gasteiger charge is 2.23. The van der Waals surface area contributed by atoms with Crippen molar-refractivity contribution in [3.8, 4) is 5.75 Å². The molecule has 0 radical (unpaired) electrons. The Balaban J connectivity index is 0.000000980. The van der Waals surface area contributed by atoms with Gasteiger partial charge in [-0.05, 0) is 42.5 Å². The molecule has 0 heterocycles. The van der Waals surface area contributed by atoms with Crippen molar-refractivity contribution in [1.29, 1.82) is 0 Å². The van der Waals surface area contributed by atoms with Gasteiger partial charge in [-0.3, -0.25) is 0 Å². The number of hydrogen-bond donors (Lipinski definition) is 2. The summed E-state index contributed by atoms with van der Waals surface area (Å²) in [6.07, 6.45) is 1.50. The van der Waals surface area contributed by atoms with Crippen LogP contribution in [0.2, 0.25) is 0 Å². The van der Waals surface area contributed by atoms with Crippen LogP contribution in [0.3, 0.4) is 0 Å². The summed E-state index contributed by atoms with van der Waals surface area (Å²) < 4.78 is 13.3. The number of aromatic hydroxyl groups is 1. The summed E-state index contributed by atoms with van der Waals surface area (Å²) in [5.74, 6) is 0.0474. The molecule has 0 saturated heterocycles. The second kappa shape index (κ2) is 4.15. The van der Waals surface area contributed by atoms with Crippen LogP contribution in [0.5, 0.6) is 5.75 Å². The van der Waals surface area contributed by atoms with Crippen LogP contribution in [0.4, 0.5) is 4.39 Å². The van der Waals surface area contributed by atoms with E-state index in [0.29, 0.717) is 18.9 Å². The smallest absolute Gasteiger partial charge is 0.130 e. The third kappa shape index (κ3) is 1.83. The first-order chi connectivity index (χ1) is 6.20. The molecule has 0 spiro atoms. The topological polar surface area (TPSA) is 46.2 Å². The second-order valence-corrected chi connectivity index (χ2v) is 3.58. The molecule has 0 bridgehead atoms. The summed E-state index contributed by atoms with van der Waals surface area (Å²) in [5.41, 5.74) is 7.16. The molecule has 1 atom stereocenters. The minimum atomic E-state index is -0.300. The maximum absolute atomic E-state index is 13.3. The monoisotopic (exact) mass is 217 g/mol. The molecule has 2 nitrogen and oxygen atoms in total. The summed E-state index contributed by atoms with van der Waals surface area (Å²) in [4.78, 5) is 0. The van der Waals surface area contributed by atoms with Crippen molar-refractivity contribution < 1.29 is 9.50 Å². The van der Waals surface area contributed by atoms with Gasteiger partial charge in [-0.2, -0.15) is 0 Å². The molecule has 1 unspecified atom stereocenters.